The molecule has 6 nitrogen and oxygen atoms in total. The Morgan fingerprint density at radius 1 is 1.22 bits per heavy atom. The van der Waals surface area contributed by atoms with Gasteiger partial charge in [0.25, 0.3) is 0 Å². The number of carbonyl (C=O) groups is 2. The number of carbonyl (C=O) groups excluding carboxylic acids is 2. The summed E-state index contributed by atoms with van der Waals surface area (Å²) in [6, 6.07) is -0.0833. The topological polar surface area (TPSA) is 73.5 Å². The maximum absolute atomic E-state index is 11.7. The fraction of sp³-hybridized carbons (Fsp3) is 0.833. The van der Waals surface area contributed by atoms with Crippen LogP contribution in [0.5, 0.6) is 0 Å². The van der Waals surface area contributed by atoms with Gasteiger partial charge >= 0.3 is 6.03 Å². The molecule has 0 aromatic carbocycles. The summed E-state index contributed by atoms with van der Waals surface area (Å²) < 4.78 is 0. The molecular formula is C12H24N4O2. The molecule has 0 saturated carbocycles. The Hall–Kier alpha value is -1.30. The van der Waals surface area contributed by atoms with Crippen LogP contribution in [0.4, 0.5) is 4.79 Å². The van der Waals surface area contributed by atoms with Crippen LogP contribution in [-0.2, 0) is 4.79 Å². The Labute approximate surface area is 108 Å². The Morgan fingerprint density at radius 2 is 1.83 bits per heavy atom. The Morgan fingerprint density at radius 3 is 2.39 bits per heavy atom. The van der Waals surface area contributed by atoms with E-state index in [1.54, 1.807) is 4.90 Å². The third-order valence-electron chi connectivity index (χ3n) is 2.55. The first-order valence-corrected chi connectivity index (χ1v) is 6.43. The second-order valence-corrected chi connectivity index (χ2v) is 5.52. The Kier molecular flexibility index (Phi) is 5.40. The SMILES string of the molecule is CC(C)(C)NC(=O)CCNC(=O)N1CCNCC1. The molecule has 1 heterocycles. The van der Waals surface area contributed by atoms with Crippen LogP contribution in [-0.4, -0.2) is 55.1 Å². The van der Waals surface area contributed by atoms with Gasteiger partial charge in [-0.15, -0.1) is 0 Å². The van der Waals surface area contributed by atoms with Crippen molar-refractivity contribution >= 4 is 11.9 Å². The second-order valence-electron chi connectivity index (χ2n) is 5.52. The fourth-order valence-corrected chi connectivity index (χ4v) is 1.74. The first-order valence-electron chi connectivity index (χ1n) is 6.43. The molecule has 1 rings (SSSR count). The van der Waals surface area contributed by atoms with Crippen molar-refractivity contribution in [2.45, 2.75) is 32.7 Å². The lowest BCUT2D eigenvalue weighted by Crippen LogP contribution is -2.50. The van der Waals surface area contributed by atoms with Gasteiger partial charge in [0.2, 0.25) is 5.91 Å². The van der Waals surface area contributed by atoms with Gasteiger partial charge in [-0.3, -0.25) is 4.79 Å². The third-order valence-corrected chi connectivity index (χ3v) is 2.55. The molecular weight excluding hydrogens is 232 g/mol. The molecule has 3 N–H and O–H groups in total. The normalized spacial score (nSPS) is 16.3. The van der Waals surface area contributed by atoms with Crippen molar-refractivity contribution in [3.05, 3.63) is 0 Å². The van der Waals surface area contributed by atoms with Crippen LogP contribution in [0.15, 0.2) is 0 Å². The van der Waals surface area contributed by atoms with Gasteiger partial charge in [-0.2, -0.15) is 0 Å². The molecule has 104 valence electrons. The van der Waals surface area contributed by atoms with E-state index in [2.05, 4.69) is 16.0 Å². The van der Waals surface area contributed by atoms with Crippen LogP contribution >= 0.6 is 0 Å². The molecule has 0 bridgehead atoms. The lowest BCUT2D eigenvalue weighted by Gasteiger charge is -2.27. The van der Waals surface area contributed by atoms with Crippen molar-refractivity contribution < 1.29 is 9.59 Å². The monoisotopic (exact) mass is 256 g/mol. The molecule has 6 heteroatoms. The highest BCUT2D eigenvalue weighted by Gasteiger charge is 2.17. The summed E-state index contributed by atoms with van der Waals surface area (Å²) in [6.07, 6.45) is 0.315. The second kappa shape index (κ2) is 6.58. The number of urea groups is 1. The maximum atomic E-state index is 11.7. The lowest BCUT2D eigenvalue weighted by molar-refractivity contribution is -0.122. The average Bonchev–Trinajstić information content (AvgIpc) is 2.27. The summed E-state index contributed by atoms with van der Waals surface area (Å²) in [4.78, 5) is 25.0. The number of hydrogen-bond donors (Lipinski definition) is 3. The number of nitrogens with zero attached hydrogens (tertiary/aromatic N) is 1. The van der Waals surface area contributed by atoms with Gasteiger partial charge in [0.15, 0.2) is 0 Å². The van der Waals surface area contributed by atoms with Crippen LogP contribution in [0.2, 0.25) is 0 Å². The van der Waals surface area contributed by atoms with Crippen molar-refractivity contribution in [3.63, 3.8) is 0 Å². The molecule has 0 atom stereocenters. The van der Waals surface area contributed by atoms with E-state index >= 15 is 0 Å². The van der Waals surface area contributed by atoms with Gasteiger partial charge in [0, 0.05) is 44.7 Å². The van der Waals surface area contributed by atoms with E-state index in [0.717, 1.165) is 26.2 Å². The number of nitrogens with one attached hydrogen (secondary N) is 3. The molecule has 18 heavy (non-hydrogen) atoms. The summed E-state index contributed by atoms with van der Waals surface area (Å²) >= 11 is 0. The Balaban J connectivity index is 2.17. The zero-order valence-corrected chi connectivity index (χ0v) is 11.5. The van der Waals surface area contributed by atoms with Gasteiger partial charge in [-0.1, -0.05) is 0 Å². The molecule has 0 radical (unpaired) electrons. The quantitative estimate of drug-likeness (QED) is 0.660. The van der Waals surface area contributed by atoms with Crippen molar-refractivity contribution in [1.82, 2.24) is 20.9 Å². The highest BCUT2D eigenvalue weighted by Crippen LogP contribution is 1.99. The van der Waals surface area contributed by atoms with Crippen LogP contribution in [0, 0.1) is 0 Å². The van der Waals surface area contributed by atoms with Crippen molar-refractivity contribution in [2.24, 2.45) is 0 Å². The molecule has 1 fully saturated rings. The summed E-state index contributed by atoms with van der Waals surface area (Å²) in [5.74, 6) is -0.0388. The number of piperazine rings is 1. The van der Waals surface area contributed by atoms with Gasteiger partial charge in [0.05, 0.1) is 0 Å². The van der Waals surface area contributed by atoms with Crippen LogP contribution in [0.3, 0.4) is 0 Å². The summed E-state index contributed by atoms with van der Waals surface area (Å²) in [5, 5.41) is 8.81. The van der Waals surface area contributed by atoms with E-state index in [1.807, 2.05) is 20.8 Å². The predicted molar refractivity (Wildman–Crippen MR) is 70.4 cm³/mol. The molecule has 3 amide bonds. The summed E-state index contributed by atoms with van der Waals surface area (Å²) in [5.41, 5.74) is -0.223. The number of rotatable bonds is 3. The average molecular weight is 256 g/mol. The zero-order chi connectivity index (χ0) is 13.6. The van der Waals surface area contributed by atoms with Gasteiger partial charge in [-0.25, -0.2) is 4.79 Å². The fourth-order valence-electron chi connectivity index (χ4n) is 1.74. The van der Waals surface area contributed by atoms with E-state index in [0.29, 0.717) is 13.0 Å². The maximum Gasteiger partial charge on any atom is 0.317 e. The van der Waals surface area contributed by atoms with E-state index in [-0.39, 0.29) is 17.5 Å². The summed E-state index contributed by atoms with van der Waals surface area (Å²) in [6.45, 7) is 9.29. The highest BCUT2D eigenvalue weighted by molar-refractivity contribution is 5.78. The number of amides is 3. The van der Waals surface area contributed by atoms with Crippen molar-refractivity contribution in [1.29, 1.82) is 0 Å². The lowest BCUT2D eigenvalue weighted by atomic mass is 10.1. The minimum Gasteiger partial charge on any atom is -0.351 e. The molecule has 1 saturated heterocycles. The van der Waals surface area contributed by atoms with E-state index in [4.69, 9.17) is 0 Å². The first-order chi connectivity index (χ1) is 8.38. The predicted octanol–water partition coefficient (Wildman–Crippen LogP) is -0.0940. The largest absolute Gasteiger partial charge is 0.351 e. The zero-order valence-electron chi connectivity index (χ0n) is 11.5. The van der Waals surface area contributed by atoms with E-state index in [9.17, 15) is 9.59 Å². The molecule has 0 aromatic heterocycles. The first kappa shape index (κ1) is 14.8. The van der Waals surface area contributed by atoms with E-state index < -0.39 is 0 Å². The van der Waals surface area contributed by atoms with Crippen LogP contribution < -0.4 is 16.0 Å². The smallest absolute Gasteiger partial charge is 0.317 e. The van der Waals surface area contributed by atoms with Gasteiger partial charge < -0.3 is 20.9 Å². The van der Waals surface area contributed by atoms with Crippen LogP contribution in [0.25, 0.3) is 0 Å². The Bertz CT molecular complexity index is 293. The standard InChI is InChI=1S/C12H24N4O2/c1-12(2,3)15-10(17)4-5-14-11(18)16-8-6-13-7-9-16/h13H,4-9H2,1-3H3,(H,14,18)(H,15,17). The highest BCUT2D eigenvalue weighted by atomic mass is 16.2. The number of hydrogen-bond acceptors (Lipinski definition) is 3. The molecule has 0 aromatic rings. The van der Waals surface area contributed by atoms with Crippen molar-refractivity contribution in [3.8, 4) is 0 Å². The van der Waals surface area contributed by atoms with Crippen molar-refractivity contribution in [2.75, 3.05) is 32.7 Å². The third kappa shape index (κ3) is 5.86. The van der Waals surface area contributed by atoms with E-state index in [1.165, 1.54) is 0 Å². The van der Waals surface area contributed by atoms with Crippen LogP contribution in [0.1, 0.15) is 27.2 Å². The molecule has 1 aliphatic heterocycles. The molecule has 1 aliphatic rings. The molecule has 0 unspecified atom stereocenters. The van der Waals surface area contributed by atoms with Gasteiger partial charge in [-0.05, 0) is 20.8 Å². The molecule has 0 aliphatic carbocycles. The minimum atomic E-state index is -0.223. The van der Waals surface area contributed by atoms with Gasteiger partial charge in [0.1, 0.15) is 0 Å². The minimum absolute atomic E-state index is 0.0388. The molecule has 0 spiro atoms. The summed E-state index contributed by atoms with van der Waals surface area (Å²) in [7, 11) is 0.